The molecule has 1 fully saturated rings. The van der Waals surface area contributed by atoms with Crippen molar-refractivity contribution in [3.63, 3.8) is 0 Å². The predicted octanol–water partition coefficient (Wildman–Crippen LogP) is 2.67. The highest BCUT2D eigenvalue weighted by atomic mass is 16.5. The lowest BCUT2D eigenvalue weighted by molar-refractivity contribution is 0.0695. The van der Waals surface area contributed by atoms with Gasteiger partial charge in [0.15, 0.2) is 0 Å². The Morgan fingerprint density at radius 2 is 2.22 bits per heavy atom. The van der Waals surface area contributed by atoms with E-state index >= 15 is 0 Å². The lowest BCUT2D eigenvalue weighted by atomic mass is 10.1. The lowest BCUT2D eigenvalue weighted by Gasteiger charge is -2.27. The molecule has 2 aromatic heterocycles. The number of aromatic carboxylic acids is 1. The predicted molar refractivity (Wildman–Crippen MR) is 102 cm³/mol. The van der Waals surface area contributed by atoms with Crippen molar-refractivity contribution in [3.05, 3.63) is 64.6 Å². The SMILES string of the molecule is O=C(O)c1c[nH]c2cc(N3CCCC3COc3ccccn3)ccc2c1=O. The molecule has 7 heteroatoms. The summed E-state index contributed by atoms with van der Waals surface area (Å²) in [6, 6.07) is 11.2. The molecule has 0 saturated carbocycles. The number of nitrogens with one attached hydrogen (secondary N) is 1. The number of rotatable bonds is 5. The van der Waals surface area contributed by atoms with E-state index in [0.29, 0.717) is 23.4 Å². The van der Waals surface area contributed by atoms with Gasteiger partial charge in [-0.15, -0.1) is 0 Å². The van der Waals surface area contributed by atoms with Crippen molar-refractivity contribution in [1.29, 1.82) is 0 Å². The van der Waals surface area contributed by atoms with Crippen LogP contribution in [0.15, 0.2) is 53.6 Å². The summed E-state index contributed by atoms with van der Waals surface area (Å²) in [6.07, 6.45) is 5.03. The zero-order valence-corrected chi connectivity index (χ0v) is 14.6. The third-order valence-electron chi connectivity index (χ3n) is 4.86. The first-order valence-electron chi connectivity index (χ1n) is 8.83. The highest BCUT2D eigenvalue weighted by Crippen LogP contribution is 2.28. The van der Waals surface area contributed by atoms with Gasteiger partial charge in [-0.05, 0) is 37.1 Å². The van der Waals surface area contributed by atoms with Crippen LogP contribution >= 0.6 is 0 Å². The molecule has 3 aromatic rings. The molecule has 0 spiro atoms. The van der Waals surface area contributed by atoms with Crippen LogP contribution in [-0.4, -0.2) is 40.2 Å². The monoisotopic (exact) mass is 365 g/mol. The van der Waals surface area contributed by atoms with Crippen molar-refractivity contribution in [2.24, 2.45) is 0 Å². The molecule has 1 saturated heterocycles. The number of hydrogen-bond acceptors (Lipinski definition) is 5. The fourth-order valence-corrected chi connectivity index (χ4v) is 3.51. The first-order valence-corrected chi connectivity index (χ1v) is 8.83. The molecule has 0 radical (unpaired) electrons. The third kappa shape index (κ3) is 3.36. The van der Waals surface area contributed by atoms with Crippen molar-refractivity contribution in [2.75, 3.05) is 18.1 Å². The number of carboxylic acid groups (broad SMARTS) is 1. The second-order valence-electron chi connectivity index (χ2n) is 6.53. The molecule has 0 amide bonds. The molecule has 0 bridgehead atoms. The maximum atomic E-state index is 12.3. The van der Waals surface area contributed by atoms with Crippen molar-refractivity contribution < 1.29 is 14.6 Å². The van der Waals surface area contributed by atoms with E-state index in [0.717, 1.165) is 25.1 Å². The standard InChI is InChI=1S/C20H19N3O4/c24-19-15-7-6-13(10-17(15)22-11-16(19)20(25)26)23-9-3-4-14(23)12-27-18-5-1-2-8-21-18/h1-2,5-8,10-11,14H,3-4,9,12H2,(H,22,24)(H,25,26). The van der Waals surface area contributed by atoms with E-state index in [1.54, 1.807) is 12.3 Å². The number of hydrogen-bond donors (Lipinski definition) is 2. The van der Waals surface area contributed by atoms with Gasteiger partial charge in [-0.25, -0.2) is 9.78 Å². The largest absolute Gasteiger partial charge is 0.477 e. The third-order valence-corrected chi connectivity index (χ3v) is 4.86. The number of pyridine rings is 2. The molecular formula is C20H19N3O4. The van der Waals surface area contributed by atoms with E-state index in [-0.39, 0.29) is 11.6 Å². The molecule has 2 N–H and O–H groups in total. The van der Waals surface area contributed by atoms with Crippen molar-refractivity contribution in [2.45, 2.75) is 18.9 Å². The zero-order valence-electron chi connectivity index (χ0n) is 14.6. The number of anilines is 1. The number of aromatic nitrogens is 2. The summed E-state index contributed by atoms with van der Waals surface area (Å²) in [5.74, 6) is -0.623. The van der Waals surface area contributed by atoms with E-state index in [1.165, 1.54) is 6.20 Å². The van der Waals surface area contributed by atoms with Gasteiger partial charge in [0.1, 0.15) is 12.2 Å². The van der Waals surface area contributed by atoms with Crippen molar-refractivity contribution in [1.82, 2.24) is 9.97 Å². The van der Waals surface area contributed by atoms with Crippen LogP contribution in [0.25, 0.3) is 10.9 Å². The van der Waals surface area contributed by atoms with Crippen LogP contribution in [-0.2, 0) is 0 Å². The van der Waals surface area contributed by atoms with E-state index < -0.39 is 11.4 Å². The van der Waals surface area contributed by atoms with Crippen LogP contribution in [0.5, 0.6) is 5.88 Å². The van der Waals surface area contributed by atoms with Gasteiger partial charge in [-0.2, -0.15) is 0 Å². The highest BCUT2D eigenvalue weighted by Gasteiger charge is 2.26. The number of nitrogens with zero attached hydrogens (tertiary/aromatic N) is 2. The fraction of sp³-hybridized carbons (Fsp3) is 0.250. The summed E-state index contributed by atoms with van der Waals surface area (Å²) in [4.78, 5) is 32.8. The summed E-state index contributed by atoms with van der Waals surface area (Å²) in [5.41, 5.74) is 0.879. The van der Waals surface area contributed by atoms with Crippen LogP contribution < -0.4 is 15.1 Å². The average Bonchev–Trinajstić information content (AvgIpc) is 3.15. The molecule has 1 aliphatic rings. The van der Waals surface area contributed by atoms with Gasteiger partial charge in [0.05, 0.1) is 11.6 Å². The van der Waals surface area contributed by atoms with E-state index in [2.05, 4.69) is 14.9 Å². The Labute approximate surface area is 155 Å². The Balaban J connectivity index is 1.58. The van der Waals surface area contributed by atoms with Crippen LogP contribution in [0.1, 0.15) is 23.2 Å². The molecule has 7 nitrogen and oxygen atoms in total. The van der Waals surface area contributed by atoms with Crippen LogP contribution in [0.3, 0.4) is 0 Å². The minimum atomic E-state index is -1.23. The average molecular weight is 365 g/mol. The Kier molecular flexibility index (Phi) is 4.50. The second kappa shape index (κ2) is 7.11. The van der Waals surface area contributed by atoms with Crippen LogP contribution in [0, 0.1) is 0 Å². The smallest absolute Gasteiger partial charge is 0.341 e. The molecule has 138 valence electrons. The molecule has 1 aliphatic heterocycles. The Hall–Kier alpha value is -3.35. The van der Waals surface area contributed by atoms with Gasteiger partial charge < -0.3 is 19.7 Å². The summed E-state index contributed by atoms with van der Waals surface area (Å²) >= 11 is 0. The van der Waals surface area contributed by atoms with Gasteiger partial charge in [0.2, 0.25) is 11.3 Å². The first-order chi connectivity index (χ1) is 13.1. The minimum Gasteiger partial charge on any atom is -0.477 e. The molecule has 1 aromatic carbocycles. The summed E-state index contributed by atoms with van der Waals surface area (Å²) in [6.45, 7) is 1.43. The molecule has 27 heavy (non-hydrogen) atoms. The Bertz CT molecular complexity index is 1030. The van der Waals surface area contributed by atoms with Gasteiger partial charge in [0.25, 0.3) is 0 Å². The van der Waals surface area contributed by atoms with Crippen LogP contribution in [0.2, 0.25) is 0 Å². The maximum Gasteiger partial charge on any atom is 0.341 e. The van der Waals surface area contributed by atoms with Crippen molar-refractivity contribution in [3.8, 4) is 5.88 Å². The number of H-pyrrole nitrogens is 1. The molecule has 1 unspecified atom stereocenters. The van der Waals surface area contributed by atoms with Gasteiger partial charge in [-0.1, -0.05) is 6.07 Å². The Morgan fingerprint density at radius 3 is 3.00 bits per heavy atom. The normalized spacial score (nSPS) is 16.6. The number of benzene rings is 1. The minimum absolute atomic E-state index is 0.217. The second-order valence-corrected chi connectivity index (χ2v) is 6.53. The molecular weight excluding hydrogens is 346 g/mol. The zero-order chi connectivity index (χ0) is 18.8. The summed E-state index contributed by atoms with van der Waals surface area (Å²) < 4.78 is 5.81. The first kappa shape index (κ1) is 17.1. The number of aromatic amines is 1. The number of carboxylic acids is 1. The topological polar surface area (TPSA) is 95.5 Å². The molecule has 1 atom stereocenters. The van der Waals surface area contributed by atoms with E-state index in [1.807, 2.05) is 30.3 Å². The number of fused-ring (bicyclic) bond motifs is 1. The summed E-state index contributed by atoms with van der Waals surface area (Å²) in [5, 5.41) is 9.47. The van der Waals surface area contributed by atoms with Crippen molar-refractivity contribution >= 4 is 22.6 Å². The molecule has 4 rings (SSSR count). The van der Waals surface area contributed by atoms with E-state index in [4.69, 9.17) is 9.84 Å². The fourth-order valence-electron chi connectivity index (χ4n) is 3.51. The van der Waals surface area contributed by atoms with Crippen LogP contribution in [0.4, 0.5) is 5.69 Å². The Morgan fingerprint density at radius 1 is 1.33 bits per heavy atom. The lowest BCUT2D eigenvalue weighted by Crippen LogP contribution is -2.34. The number of ether oxygens (including phenoxy) is 1. The van der Waals surface area contributed by atoms with Gasteiger partial charge >= 0.3 is 5.97 Å². The van der Waals surface area contributed by atoms with E-state index in [9.17, 15) is 9.59 Å². The molecule has 3 heterocycles. The van der Waals surface area contributed by atoms with Gasteiger partial charge in [-0.3, -0.25) is 4.79 Å². The maximum absolute atomic E-state index is 12.3. The molecule has 0 aliphatic carbocycles. The number of carbonyl (C=O) groups is 1. The van der Waals surface area contributed by atoms with Gasteiger partial charge in [0, 0.05) is 36.1 Å². The quantitative estimate of drug-likeness (QED) is 0.722. The summed E-state index contributed by atoms with van der Waals surface area (Å²) in [7, 11) is 0. The highest BCUT2D eigenvalue weighted by molar-refractivity contribution is 5.93.